The molecule has 0 amide bonds. The second-order valence-corrected chi connectivity index (χ2v) is 5.10. The van der Waals surface area contributed by atoms with Gasteiger partial charge < -0.3 is 10.5 Å². The van der Waals surface area contributed by atoms with E-state index >= 15 is 0 Å². The quantitative estimate of drug-likeness (QED) is 0.863. The Balaban J connectivity index is 1.99. The van der Waals surface area contributed by atoms with Crippen molar-refractivity contribution in [2.45, 2.75) is 52.3 Å². The molecule has 1 saturated heterocycles. The van der Waals surface area contributed by atoms with Gasteiger partial charge in [0.25, 0.3) is 0 Å². The van der Waals surface area contributed by atoms with Crippen LogP contribution in [0.3, 0.4) is 0 Å². The summed E-state index contributed by atoms with van der Waals surface area (Å²) in [6.07, 6.45) is 2.35. The summed E-state index contributed by atoms with van der Waals surface area (Å²) in [4.78, 5) is 0. The highest BCUT2D eigenvalue weighted by atomic mass is 16.5. The maximum absolute atomic E-state index is 6.28. The number of hydrogen-bond acceptors (Lipinski definition) is 3. The van der Waals surface area contributed by atoms with Crippen LogP contribution in [0.4, 0.5) is 0 Å². The van der Waals surface area contributed by atoms with Crippen molar-refractivity contribution < 1.29 is 4.74 Å². The van der Waals surface area contributed by atoms with Gasteiger partial charge in [-0.15, -0.1) is 0 Å². The number of nitrogens with two attached hydrogens (primary N) is 1. The van der Waals surface area contributed by atoms with Crippen molar-refractivity contribution in [1.82, 2.24) is 9.78 Å². The lowest BCUT2D eigenvalue weighted by atomic mass is 9.94. The summed E-state index contributed by atoms with van der Waals surface area (Å²) in [5.74, 6) is 0.491. The largest absolute Gasteiger partial charge is 0.378 e. The molecular weight excluding hydrogens is 214 g/mol. The number of aryl methyl sites for hydroxylation is 2. The van der Waals surface area contributed by atoms with E-state index in [1.807, 2.05) is 6.92 Å². The molecule has 2 rings (SSSR count). The monoisotopic (exact) mass is 237 g/mol. The maximum atomic E-state index is 6.28. The molecule has 3 unspecified atom stereocenters. The van der Waals surface area contributed by atoms with E-state index in [-0.39, 0.29) is 6.04 Å². The molecule has 1 aromatic heterocycles. The fourth-order valence-electron chi connectivity index (χ4n) is 2.59. The summed E-state index contributed by atoms with van der Waals surface area (Å²) in [6, 6.07) is 2.32. The lowest BCUT2D eigenvalue weighted by Crippen LogP contribution is -2.33. The van der Waals surface area contributed by atoms with Crippen molar-refractivity contribution in [3.63, 3.8) is 0 Å². The first-order valence-corrected chi connectivity index (χ1v) is 6.50. The van der Waals surface area contributed by atoms with Crippen LogP contribution in [0, 0.1) is 12.8 Å². The standard InChI is InChI=1S/C13H23N3O/c1-4-16-12(5-9(2)15-16)7-13(14)11-6-10(3)17-8-11/h5,10-11,13H,4,6-8,14H2,1-3H3. The summed E-state index contributed by atoms with van der Waals surface area (Å²) >= 11 is 0. The van der Waals surface area contributed by atoms with E-state index in [4.69, 9.17) is 10.5 Å². The SMILES string of the molecule is CCn1nc(C)cc1CC(N)C1COC(C)C1. The van der Waals surface area contributed by atoms with E-state index < -0.39 is 0 Å². The van der Waals surface area contributed by atoms with Crippen molar-refractivity contribution >= 4 is 0 Å². The van der Waals surface area contributed by atoms with E-state index in [1.165, 1.54) is 5.69 Å². The molecule has 3 atom stereocenters. The zero-order valence-electron chi connectivity index (χ0n) is 11.0. The normalized spacial score (nSPS) is 26.4. The van der Waals surface area contributed by atoms with Crippen LogP contribution < -0.4 is 5.73 Å². The van der Waals surface area contributed by atoms with Crippen LogP contribution >= 0.6 is 0 Å². The summed E-state index contributed by atoms with van der Waals surface area (Å²) in [7, 11) is 0. The first kappa shape index (κ1) is 12.6. The van der Waals surface area contributed by atoms with Gasteiger partial charge in [-0.05, 0) is 33.3 Å². The second-order valence-electron chi connectivity index (χ2n) is 5.10. The minimum absolute atomic E-state index is 0.182. The molecule has 0 bridgehead atoms. The van der Waals surface area contributed by atoms with Gasteiger partial charge in [-0.1, -0.05) is 0 Å². The number of nitrogens with zero attached hydrogens (tertiary/aromatic N) is 2. The van der Waals surface area contributed by atoms with Crippen molar-refractivity contribution in [1.29, 1.82) is 0 Å². The van der Waals surface area contributed by atoms with Gasteiger partial charge in [0, 0.05) is 30.6 Å². The van der Waals surface area contributed by atoms with Crippen molar-refractivity contribution in [2.24, 2.45) is 11.7 Å². The molecule has 4 heteroatoms. The summed E-state index contributed by atoms with van der Waals surface area (Å²) in [5, 5.41) is 4.45. The van der Waals surface area contributed by atoms with Crippen molar-refractivity contribution in [2.75, 3.05) is 6.61 Å². The van der Waals surface area contributed by atoms with Gasteiger partial charge in [-0.25, -0.2) is 0 Å². The molecule has 1 fully saturated rings. The number of hydrogen-bond donors (Lipinski definition) is 1. The number of ether oxygens (including phenoxy) is 1. The van der Waals surface area contributed by atoms with E-state index in [9.17, 15) is 0 Å². The third kappa shape index (κ3) is 2.87. The van der Waals surface area contributed by atoms with E-state index in [1.54, 1.807) is 0 Å². The fraction of sp³-hybridized carbons (Fsp3) is 0.769. The van der Waals surface area contributed by atoms with Crippen LogP contribution in [0.5, 0.6) is 0 Å². The Kier molecular flexibility index (Phi) is 3.84. The average Bonchev–Trinajstić information content (AvgIpc) is 2.85. The lowest BCUT2D eigenvalue weighted by molar-refractivity contribution is 0.118. The van der Waals surface area contributed by atoms with Gasteiger partial charge in [0.05, 0.1) is 18.4 Å². The van der Waals surface area contributed by atoms with Gasteiger partial charge in [0.15, 0.2) is 0 Å². The van der Waals surface area contributed by atoms with Crippen LogP contribution in [-0.2, 0) is 17.7 Å². The highest BCUT2D eigenvalue weighted by molar-refractivity contribution is 5.10. The molecule has 1 aromatic rings. The van der Waals surface area contributed by atoms with Crippen molar-refractivity contribution in [3.05, 3.63) is 17.5 Å². The minimum atomic E-state index is 0.182. The predicted molar refractivity (Wildman–Crippen MR) is 67.8 cm³/mol. The van der Waals surface area contributed by atoms with Crippen LogP contribution in [0.2, 0.25) is 0 Å². The highest BCUT2D eigenvalue weighted by Crippen LogP contribution is 2.23. The Labute approximate surface area is 103 Å². The molecule has 0 aromatic carbocycles. The Morgan fingerprint density at radius 2 is 2.41 bits per heavy atom. The molecule has 96 valence electrons. The lowest BCUT2D eigenvalue weighted by Gasteiger charge is -2.18. The van der Waals surface area contributed by atoms with Crippen LogP contribution in [0.1, 0.15) is 31.7 Å². The third-order valence-corrected chi connectivity index (χ3v) is 3.56. The Hall–Kier alpha value is -0.870. The van der Waals surface area contributed by atoms with Crippen molar-refractivity contribution in [3.8, 4) is 0 Å². The first-order chi connectivity index (χ1) is 8.10. The average molecular weight is 237 g/mol. The Morgan fingerprint density at radius 1 is 1.65 bits per heavy atom. The molecule has 1 aliphatic rings. The van der Waals surface area contributed by atoms with E-state index in [2.05, 4.69) is 29.7 Å². The summed E-state index contributed by atoms with van der Waals surface area (Å²) in [6.45, 7) is 7.98. The maximum Gasteiger partial charge on any atom is 0.0596 e. The molecule has 2 N–H and O–H groups in total. The van der Waals surface area contributed by atoms with Gasteiger partial charge in [-0.3, -0.25) is 4.68 Å². The molecule has 0 saturated carbocycles. The smallest absolute Gasteiger partial charge is 0.0596 e. The minimum Gasteiger partial charge on any atom is -0.378 e. The first-order valence-electron chi connectivity index (χ1n) is 6.50. The highest BCUT2D eigenvalue weighted by Gasteiger charge is 2.28. The van der Waals surface area contributed by atoms with Crippen LogP contribution in [-0.4, -0.2) is 28.5 Å². The van der Waals surface area contributed by atoms with E-state index in [0.29, 0.717) is 12.0 Å². The fourth-order valence-corrected chi connectivity index (χ4v) is 2.59. The molecule has 17 heavy (non-hydrogen) atoms. The van der Waals surface area contributed by atoms with Gasteiger partial charge in [0.1, 0.15) is 0 Å². The predicted octanol–water partition coefficient (Wildman–Crippen LogP) is 1.51. The molecule has 4 nitrogen and oxygen atoms in total. The summed E-state index contributed by atoms with van der Waals surface area (Å²) in [5.41, 5.74) is 8.61. The van der Waals surface area contributed by atoms with Gasteiger partial charge in [0.2, 0.25) is 0 Å². The molecule has 1 aliphatic heterocycles. The Morgan fingerprint density at radius 3 is 3.00 bits per heavy atom. The zero-order valence-corrected chi connectivity index (χ0v) is 11.0. The van der Waals surface area contributed by atoms with Gasteiger partial charge in [-0.2, -0.15) is 5.10 Å². The van der Waals surface area contributed by atoms with E-state index in [0.717, 1.165) is 31.7 Å². The van der Waals surface area contributed by atoms with Gasteiger partial charge >= 0.3 is 0 Å². The molecule has 2 heterocycles. The Bertz CT molecular complexity index is 375. The second kappa shape index (κ2) is 5.19. The topological polar surface area (TPSA) is 53.1 Å². The third-order valence-electron chi connectivity index (χ3n) is 3.56. The molecule has 0 spiro atoms. The van der Waals surface area contributed by atoms with Crippen LogP contribution in [0.25, 0.3) is 0 Å². The number of rotatable bonds is 4. The molecule has 0 aliphatic carbocycles. The zero-order chi connectivity index (χ0) is 12.4. The summed E-state index contributed by atoms with van der Waals surface area (Å²) < 4.78 is 7.63. The molecular formula is C13H23N3O. The molecule has 0 radical (unpaired) electrons. The van der Waals surface area contributed by atoms with Crippen LogP contribution in [0.15, 0.2) is 6.07 Å². The number of aromatic nitrogens is 2.